The molecule has 0 bridgehead atoms. The largest absolute Gasteiger partial charge is 0.491 e. The van der Waals surface area contributed by atoms with Crippen LogP contribution in [0.15, 0.2) is 24.3 Å². The van der Waals surface area contributed by atoms with Crippen LogP contribution in [0.1, 0.15) is 31.1 Å². The molecule has 0 fully saturated rings. The van der Waals surface area contributed by atoms with Gasteiger partial charge in [0.05, 0.1) is 12.1 Å². The smallest absolute Gasteiger partial charge is 0.150 e. The summed E-state index contributed by atoms with van der Waals surface area (Å²) in [4.78, 5) is 4.82. The lowest BCUT2D eigenvalue weighted by Gasteiger charge is -2.11. The minimum Gasteiger partial charge on any atom is -0.491 e. The van der Waals surface area contributed by atoms with Crippen LogP contribution in [-0.4, -0.2) is 26.4 Å². The second kappa shape index (κ2) is 7.17. The third-order valence-corrected chi connectivity index (χ3v) is 3.36. The number of para-hydroxylation sites is 1. The van der Waals surface area contributed by atoms with Crippen molar-refractivity contribution >= 4 is 17.2 Å². The summed E-state index contributed by atoms with van der Waals surface area (Å²) < 4.78 is 7.69. The van der Waals surface area contributed by atoms with Gasteiger partial charge in [-0.15, -0.1) is 0 Å². The molecule has 5 nitrogen and oxygen atoms in total. The fourth-order valence-corrected chi connectivity index (χ4v) is 2.22. The van der Waals surface area contributed by atoms with Crippen LogP contribution < -0.4 is 10.5 Å². The highest BCUT2D eigenvalue weighted by atomic mass is 32.1. The molecule has 1 aromatic carbocycles. The molecule has 6 heteroatoms. The van der Waals surface area contributed by atoms with E-state index in [4.69, 9.17) is 22.7 Å². The highest BCUT2D eigenvalue weighted by molar-refractivity contribution is 7.80. The van der Waals surface area contributed by atoms with Gasteiger partial charge >= 0.3 is 0 Å². The number of rotatable bonds is 7. The summed E-state index contributed by atoms with van der Waals surface area (Å²) in [5.74, 6) is 2.56. The lowest BCUT2D eigenvalue weighted by atomic mass is 10.2. The maximum Gasteiger partial charge on any atom is 0.150 e. The van der Waals surface area contributed by atoms with E-state index >= 15 is 0 Å². The predicted molar refractivity (Wildman–Crippen MR) is 86.6 cm³/mol. The van der Waals surface area contributed by atoms with Gasteiger partial charge < -0.3 is 10.5 Å². The first-order valence-corrected chi connectivity index (χ1v) is 7.50. The van der Waals surface area contributed by atoms with Crippen molar-refractivity contribution in [3.63, 3.8) is 0 Å². The number of nitrogens with two attached hydrogens (primary N) is 1. The van der Waals surface area contributed by atoms with Gasteiger partial charge in [-0.25, -0.2) is 9.67 Å². The van der Waals surface area contributed by atoms with Crippen molar-refractivity contribution in [2.24, 2.45) is 5.73 Å². The molecule has 0 unspecified atom stereocenters. The Labute approximate surface area is 130 Å². The molecule has 1 aromatic heterocycles. The summed E-state index contributed by atoms with van der Waals surface area (Å²) in [7, 11) is 0. The Morgan fingerprint density at radius 1 is 1.29 bits per heavy atom. The van der Waals surface area contributed by atoms with Crippen molar-refractivity contribution in [2.45, 2.75) is 33.2 Å². The number of hydrogen-bond acceptors (Lipinski definition) is 4. The molecular weight excluding hydrogens is 284 g/mol. The molecule has 1 heterocycles. The minimum absolute atomic E-state index is 0.342. The van der Waals surface area contributed by atoms with Gasteiger partial charge in [-0.2, -0.15) is 5.10 Å². The van der Waals surface area contributed by atoms with E-state index in [-0.39, 0.29) is 0 Å². The zero-order valence-corrected chi connectivity index (χ0v) is 13.2. The minimum atomic E-state index is 0.342. The number of aromatic nitrogens is 3. The first-order valence-electron chi connectivity index (χ1n) is 7.09. The number of hydrogen-bond donors (Lipinski definition) is 1. The number of benzene rings is 1. The highest BCUT2D eigenvalue weighted by Gasteiger charge is 2.08. The molecule has 0 radical (unpaired) electrons. The molecule has 0 saturated carbocycles. The van der Waals surface area contributed by atoms with Crippen molar-refractivity contribution in [2.75, 3.05) is 6.61 Å². The second-order valence-corrected chi connectivity index (χ2v) is 5.02. The van der Waals surface area contributed by atoms with Gasteiger partial charge in [0.15, 0.2) is 5.82 Å². The number of thiocarbonyl (C=S) groups is 1. The fraction of sp³-hybridized carbons (Fsp3) is 0.400. The van der Waals surface area contributed by atoms with Crippen LogP contribution in [-0.2, 0) is 19.4 Å². The van der Waals surface area contributed by atoms with E-state index in [2.05, 4.69) is 17.0 Å². The summed E-state index contributed by atoms with van der Waals surface area (Å²) in [6.45, 7) is 5.28. The van der Waals surface area contributed by atoms with E-state index in [0.29, 0.717) is 23.9 Å². The van der Waals surface area contributed by atoms with Crippen LogP contribution in [0.25, 0.3) is 0 Å². The molecule has 2 N–H and O–H groups in total. The van der Waals surface area contributed by atoms with E-state index in [1.165, 1.54) is 0 Å². The predicted octanol–water partition coefficient (Wildman–Crippen LogP) is 2.12. The molecule has 2 rings (SSSR count). The normalized spacial score (nSPS) is 10.6. The molecule has 0 atom stereocenters. The van der Waals surface area contributed by atoms with Gasteiger partial charge in [0.25, 0.3) is 0 Å². The fourth-order valence-electron chi connectivity index (χ4n) is 2.05. The summed E-state index contributed by atoms with van der Waals surface area (Å²) in [6.07, 6.45) is 1.70. The summed E-state index contributed by atoms with van der Waals surface area (Å²) in [5, 5.41) is 4.46. The topological polar surface area (TPSA) is 66.0 Å². The molecular formula is C15H20N4OS. The van der Waals surface area contributed by atoms with Gasteiger partial charge in [-0.1, -0.05) is 38.2 Å². The molecule has 0 spiro atoms. The van der Waals surface area contributed by atoms with E-state index < -0.39 is 0 Å². The van der Waals surface area contributed by atoms with Crippen LogP contribution in [0.3, 0.4) is 0 Å². The Bertz CT molecular complexity index is 624. The first-order chi connectivity index (χ1) is 10.2. The Morgan fingerprint density at radius 3 is 2.71 bits per heavy atom. The van der Waals surface area contributed by atoms with Crippen LogP contribution in [0.4, 0.5) is 0 Å². The second-order valence-electron chi connectivity index (χ2n) is 4.58. The van der Waals surface area contributed by atoms with Crippen LogP contribution in [0, 0.1) is 0 Å². The lowest BCUT2D eigenvalue weighted by Crippen LogP contribution is -2.15. The summed E-state index contributed by atoms with van der Waals surface area (Å²) in [5.41, 5.74) is 6.45. The van der Waals surface area contributed by atoms with Crippen molar-refractivity contribution in [3.8, 4) is 5.75 Å². The van der Waals surface area contributed by atoms with Crippen molar-refractivity contribution < 1.29 is 4.74 Å². The average Bonchev–Trinajstić information content (AvgIpc) is 2.90. The average molecular weight is 304 g/mol. The molecule has 21 heavy (non-hydrogen) atoms. The van der Waals surface area contributed by atoms with Crippen LogP contribution in [0.5, 0.6) is 5.75 Å². The molecule has 2 aromatic rings. The monoisotopic (exact) mass is 304 g/mol. The van der Waals surface area contributed by atoms with E-state index in [1.807, 2.05) is 35.9 Å². The van der Waals surface area contributed by atoms with Gasteiger partial charge in [-0.05, 0) is 12.1 Å². The zero-order valence-electron chi connectivity index (χ0n) is 12.4. The standard InChI is InChI=1S/C15H20N4OS/c1-3-13-17-14(4-2)19(18-13)9-10-20-12-8-6-5-7-11(12)15(16)21/h5-8H,3-4,9-10H2,1-2H3,(H2,16,21). The lowest BCUT2D eigenvalue weighted by molar-refractivity contribution is 0.288. The maximum absolute atomic E-state index is 5.79. The molecule has 0 amide bonds. The number of aryl methyl sites for hydroxylation is 2. The molecule has 0 saturated heterocycles. The van der Waals surface area contributed by atoms with Gasteiger partial charge in [0, 0.05) is 12.8 Å². The van der Waals surface area contributed by atoms with Gasteiger partial charge in [-0.3, -0.25) is 0 Å². The van der Waals surface area contributed by atoms with E-state index in [0.717, 1.165) is 30.1 Å². The highest BCUT2D eigenvalue weighted by Crippen LogP contribution is 2.17. The number of ether oxygens (including phenoxy) is 1. The van der Waals surface area contributed by atoms with Crippen molar-refractivity contribution in [3.05, 3.63) is 41.5 Å². The quantitative estimate of drug-likeness (QED) is 0.794. The Morgan fingerprint density at radius 2 is 2.05 bits per heavy atom. The van der Waals surface area contributed by atoms with Crippen LogP contribution >= 0.6 is 12.2 Å². The molecule has 112 valence electrons. The molecule has 0 aliphatic rings. The zero-order chi connectivity index (χ0) is 15.2. The summed E-state index contributed by atoms with van der Waals surface area (Å²) in [6, 6.07) is 7.52. The first kappa shape index (κ1) is 15.4. The van der Waals surface area contributed by atoms with Crippen LogP contribution in [0.2, 0.25) is 0 Å². The van der Waals surface area contributed by atoms with Crippen molar-refractivity contribution in [1.82, 2.24) is 14.8 Å². The third-order valence-electron chi connectivity index (χ3n) is 3.14. The Hall–Kier alpha value is -1.95. The van der Waals surface area contributed by atoms with Crippen molar-refractivity contribution in [1.29, 1.82) is 0 Å². The Balaban J connectivity index is 2.02. The van der Waals surface area contributed by atoms with E-state index in [1.54, 1.807) is 0 Å². The molecule has 0 aliphatic heterocycles. The number of nitrogens with zero attached hydrogens (tertiary/aromatic N) is 3. The maximum atomic E-state index is 5.79. The van der Waals surface area contributed by atoms with Gasteiger partial charge in [0.2, 0.25) is 0 Å². The van der Waals surface area contributed by atoms with Gasteiger partial charge in [0.1, 0.15) is 23.2 Å². The summed E-state index contributed by atoms with van der Waals surface area (Å²) >= 11 is 5.02. The Kier molecular flexibility index (Phi) is 5.27. The SMILES string of the molecule is CCc1nc(CC)n(CCOc2ccccc2C(N)=S)n1. The third kappa shape index (κ3) is 3.78. The molecule has 0 aliphatic carbocycles. The van der Waals surface area contributed by atoms with E-state index in [9.17, 15) is 0 Å².